The number of rotatable bonds is 4. The van der Waals surface area contributed by atoms with E-state index in [1.54, 1.807) is 0 Å². The molecule has 3 heterocycles. The molecule has 2 aromatic rings. The third-order valence-electron chi connectivity index (χ3n) is 3.94. The first kappa shape index (κ1) is 16.8. The highest BCUT2D eigenvalue weighted by molar-refractivity contribution is 5.77. The fourth-order valence-electron chi connectivity index (χ4n) is 2.77. The van der Waals surface area contributed by atoms with Crippen molar-refractivity contribution < 1.29 is 24.8 Å². The quantitative estimate of drug-likeness (QED) is 0.561. The zero-order valence-electron chi connectivity index (χ0n) is 13.6. The number of hydrogen-bond acceptors (Lipinski definition) is 9. The van der Waals surface area contributed by atoms with Crippen molar-refractivity contribution in [3.63, 3.8) is 0 Å². The third kappa shape index (κ3) is 2.57. The van der Waals surface area contributed by atoms with Gasteiger partial charge < -0.3 is 30.5 Å². The van der Waals surface area contributed by atoms with Crippen LogP contribution in [-0.4, -0.2) is 65.4 Å². The second-order valence-corrected chi connectivity index (χ2v) is 6.26. The molecule has 0 amide bonds. The van der Waals surface area contributed by atoms with E-state index in [0.29, 0.717) is 11.2 Å². The SMILES string of the molecule is CC(C)Oc1nc(N)nc2c1ncn2[C@@H]1O[C@H](CO)[C@@H](O)[C@@]1(C)O. The lowest BCUT2D eigenvalue weighted by molar-refractivity contribution is -0.0950. The lowest BCUT2D eigenvalue weighted by Gasteiger charge is -2.27. The monoisotopic (exact) mass is 339 g/mol. The summed E-state index contributed by atoms with van der Waals surface area (Å²) in [5.74, 6) is 0.208. The van der Waals surface area contributed by atoms with Gasteiger partial charge in [-0.15, -0.1) is 0 Å². The number of ether oxygens (including phenoxy) is 2. The van der Waals surface area contributed by atoms with E-state index in [1.807, 2.05) is 13.8 Å². The fourth-order valence-corrected chi connectivity index (χ4v) is 2.77. The molecule has 1 saturated heterocycles. The van der Waals surface area contributed by atoms with E-state index in [1.165, 1.54) is 17.8 Å². The summed E-state index contributed by atoms with van der Waals surface area (Å²) < 4.78 is 12.6. The maximum Gasteiger partial charge on any atom is 0.247 e. The molecule has 0 aliphatic carbocycles. The molecule has 1 aliphatic heterocycles. The van der Waals surface area contributed by atoms with Crippen LogP contribution in [0.1, 0.15) is 27.0 Å². The Kier molecular flexibility index (Phi) is 4.08. The Morgan fingerprint density at radius 1 is 1.46 bits per heavy atom. The normalized spacial score (nSPS) is 30.4. The van der Waals surface area contributed by atoms with Gasteiger partial charge in [0.1, 0.15) is 17.8 Å². The highest BCUT2D eigenvalue weighted by atomic mass is 16.6. The van der Waals surface area contributed by atoms with E-state index in [0.717, 1.165) is 0 Å². The number of aliphatic hydroxyl groups is 3. The van der Waals surface area contributed by atoms with Gasteiger partial charge in [-0.3, -0.25) is 4.57 Å². The number of fused-ring (bicyclic) bond motifs is 1. The van der Waals surface area contributed by atoms with Crippen LogP contribution in [0.3, 0.4) is 0 Å². The Hall–Kier alpha value is -2.01. The lowest BCUT2D eigenvalue weighted by atomic mass is 9.96. The molecule has 0 unspecified atom stereocenters. The van der Waals surface area contributed by atoms with Gasteiger partial charge in [0.05, 0.1) is 19.0 Å². The summed E-state index contributed by atoms with van der Waals surface area (Å²) in [6.45, 7) is 4.67. The molecule has 10 nitrogen and oxygen atoms in total. The third-order valence-corrected chi connectivity index (χ3v) is 3.94. The highest BCUT2D eigenvalue weighted by Gasteiger charge is 2.53. The summed E-state index contributed by atoms with van der Waals surface area (Å²) >= 11 is 0. The lowest BCUT2D eigenvalue weighted by Crippen LogP contribution is -2.44. The average Bonchev–Trinajstić information content (AvgIpc) is 2.99. The molecule has 0 aromatic carbocycles. The number of anilines is 1. The number of imidazole rings is 1. The molecule has 2 aromatic heterocycles. The van der Waals surface area contributed by atoms with Crippen LogP contribution in [0.4, 0.5) is 5.95 Å². The standard InChI is InChI=1S/C14H21N5O5/c1-6(2)23-11-8-10(17-13(15)18-11)19(5-16-8)12-14(3,22)9(21)7(4-20)24-12/h5-7,9,12,20-22H,4H2,1-3H3,(H2,15,17,18)/t7-,9-,12-,14-/m1/s1. The summed E-state index contributed by atoms with van der Waals surface area (Å²) in [5.41, 5.74) is 4.75. The number of nitrogens with two attached hydrogens (primary N) is 1. The number of nitrogen functional groups attached to an aromatic ring is 1. The van der Waals surface area contributed by atoms with Crippen molar-refractivity contribution in [1.82, 2.24) is 19.5 Å². The molecular formula is C14H21N5O5. The zero-order chi connectivity index (χ0) is 17.6. The number of aromatic nitrogens is 4. The smallest absolute Gasteiger partial charge is 0.247 e. The Balaban J connectivity index is 2.10. The molecular weight excluding hydrogens is 318 g/mol. The average molecular weight is 339 g/mol. The molecule has 0 bridgehead atoms. The maximum absolute atomic E-state index is 10.6. The van der Waals surface area contributed by atoms with Gasteiger partial charge >= 0.3 is 0 Å². The number of hydrogen-bond donors (Lipinski definition) is 4. The Morgan fingerprint density at radius 3 is 2.75 bits per heavy atom. The van der Waals surface area contributed by atoms with E-state index >= 15 is 0 Å². The van der Waals surface area contributed by atoms with Gasteiger partial charge in [0, 0.05) is 0 Å². The predicted octanol–water partition coefficient (Wildman–Crippen LogP) is -0.803. The van der Waals surface area contributed by atoms with E-state index in [2.05, 4.69) is 15.0 Å². The second kappa shape index (κ2) is 5.81. The van der Waals surface area contributed by atoms with Crippen molar-refractivity contribution in [1.29, 1.82) is 0 Å². The molecule has 4 atom stereocenters. The van der Waals surface area contributed by atoms with Gasteiger partial charge in [-0.2, -0.15) is 9.97 Å². The van der Waals surface area contributed by atoms with Crippen LogP contribution in [0.5, 0.6) is 5.88 Å². The van der Waals surface area contributed by atoms with Gasteiger partial charge in [-0.25, -0.2) is 4.98 Å². The Bertz CT molecular complexity index is 746. The molecule has 1 aliphatic rings. The molecule has 0 spiro atoms. The highest BCUT2D eigenvalue weighted by Crippen LogP contribution is 2.39. The van der Waals surface area contributed by atoms with Crippen molar-refractivity contribution in [3.05, 3.63) is 6.33 Å². The zero-order valence-corrected chi connectivity index (χ0v) is 13.6. The van der Waals surface area contributed by atoms with Crippen molar-refractivity contribution in [2.45, 2.75) is 50.9 Å². The second-order valence-electron chi connectivity index (χ2n) is 6.26. The Labute approximate surface area is 137 Å². The number of aliphatic hydroxyl groups excluding tert-OH is 2. The first-order chi connectivity index (χ1) is 11.3. The van der Waals surface area contributed by atoms with Gasteiger partial charge in [-0.05, 0) is 20.8 Å². The van der Waals surface area contributed by atoms with Crippen LogP contribution in [0, 0.1) is 0 Å². The van der Waals surface area contributed by atoms with Crippen molar-refractivity contribution >= 4 is 17.1 Å². The molecule has 132 valence electrons. The minimum absolute atomic E-state index is 0.0169. The number of nitrogens with zero attached hydrogens (tertiary/aromatic N) is 4. The minimum Gasteiger partial charge on any atom is -0.473 e. The van der Waals surface area contributed by atoms with E-state index in [4.69, 9.17) is 15.2 Å². The van der Waals surface area contributed by atoms with Crippen molar-refractivity contribution in [2.24, 2.45) is 0 Å². The molecule has 0 radical (unpaired) electrons. The van der Waals surface area contributed by atoms with Gasteiger partial charge in [0.25, 0.3) is 0 Å². The summed E-state index contributed by atoms with van der Waals surface area (Å²) in [4.78, 5) is 12.4. The van der Waals surface area contributed by atoms with Gasteiger partial charge in [-0.1, -0.05) is 0 Å². The van der Waals surface area contributed by atoms with Gasteiger partial charge in [0.15, 0.2) is 17.4 Å². The van der Waals surface area contributed by atoms with Crippen molar-refractivity contribution in [3.8, 4) is 5.88 Å². The van der Waals surface area contributed by atoms with Crippen LogP contribution >= 0.6 is 0 Å². The summed E-state index contributed by atoms with van der Waals surface area (Å²) in [7, 11) is 0. The van der Waals surface area contributed by atoms with Crippen LogP contribution in [0.25, 0.3) is 11.2 Å². The van der Waals surface area contributed by atoms with E-state index < -0.39 is 30.6 Å². The molecule has 1 fully saturated rings. The van der Waals surface area contributed by atoms with E-state index in [-0.39, 0.29) is 17.9 Å². The fraction of sp³-hybridized carbons (Fsp3) is 0.643. The van der Waals surface area contributed by atoms with Crippen LogP contribution in [0.2, 0.25) is 0 Å². The summed E-state index contributed by atoms with van der Waals surface area (Å²) in [6, 6.07) is 0. The minimum atomic E-state index is -1.65. The topological polar surface area (TPSA) is 149 Å². The summed E-state index contributed by atoms with van der Waals surface area (Å²) in [6.07, 6.45) is -1.93. The molecule has 24 heavy (non-hydrogen) atoms. The van der Waals surface area contributed by atoms with Crippen LogP contribution < -0.4 is 10.5 Å². The van der Waals surface area contributed by atoms with Crippen molar-refractivity contribution in [2.75, 3.05) is 12.3 Å². The molecule has 5 N–H and O–H groups in total. The maximum atomic E-state index is 10.6. The Morgan fingerprint density at radius 2 is 2.17 bits per heavy atom. The largest absolute Gasteiger partial charge is 0.473 e. The first-order valence-corrected chi connectivity index (χ1v) is 7.59. The summed E-state index contributed by atoms with van der Waals surface area (Å²) in [5, 5.41) is 30.0. The first-order valence-electron chi connectivity index (χ1n) is 7.59. The molecule has 0 saturated carbocycles. The van der Waals surface area contributed by atoms with E-state index in [9.17, 15) is 15.3 Å². The van der Waals surface area contributed by atoms with Crippen LogP contribution in [-0.2, 0) is 4.74 Å². The predicted molar refractivity (Wildman–Crippen MR) is 83.1 cm³/mol. The molecule has 10 heteroatoms. The van der Waals surface area contributed by atoms with Gasteiger partial charge in [0.2, 0.25) is 11.8 Å². The van der Waals surface area contributed by atoms with Crippen LogP contribution in [0.15, 0.2) is 6.33 Å². The molecule has 3 rings (SSSR count).